The number of hydrogen-bond acceptors (Lipinski definition) is 1. The molecule has 0 saturated heterocycles. The SMILES string of the molecule is C=CCCCC1C=C(C)CO1. The maximum Gasteiger partial charge on any atom is 0.0763 e. The lowest BCUT2D eigenvalue weighted by Gasteiger charge is -2.05. The van der Waals surface area contributed by atoms with Gasteiger partial charge in [0.1, 0.15) is 0 Å². The summed E-state index contributed by atoms with van der Waals surface area (Å²) in [6, 6.07) is 0. The summed E-state index contributed by atoms with van der Waals surface area (Å²) in [4.78, 5) is 0. The van der Waals surface area contributed by atoms with E-state index in [9.17, 15) is 0 Å². The number of ether oxygens (including phenoxy) is 1. The van der Waals surface area contributed by atoms with Crippen LogP contribution < -0.4 is 0 Å². The van der Waals surface area contributed by atoms with Crippen molar-refractivity contribution in [2.45, 2.75) is 32.3 Å². The normalized spacial score (nSPS) is 23.4. The quantitative estimate of drug-likeness (QED) is 0.444. The maximum absolute atomic E-state index is 5.48. The molecule has 1 unspecified atom stereocenters. The van der Waals surface area contributed by atoms with Gasteiger partial charge in [-0.2, -0.15) is 0 Å². The van der Waals surface area contributed by atoms with Gasteiger partial charge in [0.2, 0.25) is 0 Å². The first-order chi connectivity index (χ1) is 5.33. The summed E-state index contributed by atoms with van der Waals surface area (Å²) in [5.41, 5.74) is 1.37. The Hall–Kier alpha value is -0.560. The number of hydrogen-bond donors (Lipinski definition) is 0. The van der Waals surface area contributed by atoms with E-state index in [-0.39, 0.29) is 0 Å². The van der Waals surface area contributed by atoms with E-state index in [1.165, 1.54) is 12.0 Å². The van der Waals surface area contributed by atoms with Gasteiger partial charge in [0.05, 0.1) is 12.7 Å². The molecule has 0 aromatic rings. The van der Waals surface area contributed by atoms with Crippen LogP contribution in [0.5, 0.6) is 0 Å². The van der Waals surface area contributed by atoms with Crippen LogP contribution in [0.4, 0.5) is 0 Å². The third kappa shape index (κ3) is 2.89. The second-order valence-corrected chi connectivity index (χ2v) is 3.08. The van der Waals surface area contributed by atoms with E-state index >= 15 is 0 Å². The van der Waals surface area contributed by atoms with Crippen molar-refractivity contribution in [3.8, 4) is 0 Å². The van der Waals surface area contributed by atoms with Gasteiger partial charge in [-0.25, -0.2) is 0 Å². The molecule has 0 radical (unpaired) electrons. The van der Waals surface area contributed by atoms with Gasteiger partial charge in [0.25, 0.3) is 0 Å². The van der Waals surface area contributed by atoms with Crippen molar-refractivity contribution < 1.29 is 4.74 Å². The standard InChI is InChI=1S/C10H16O/c1-3-4-5-6-10-7-9(2)8-11-10/h3,7,10H,1,4-6,8H2,2H3. The molecule has 0 bridgehead atoms. The van der Waals surface area contributed by atoms with Crippen LogP contribution in [0.1, 0.15) is 26.2 Å². The average Bonchev–Trinajstić information content (AvgIpc) is 2.37. The van der Waals surface area contributed by atoms with Crippen LogP contribution >= 0.6 is 0 Å². The van der Waals surface area contributed by atoms with Crippen molar-refractivity contribution >= 4 is 0 Å². The molecule has 11 heavy (non-hydrogen) atoms. The highest BCUT2D eigenvalue weighted by Crippen LogP contribution is 2.15. The highest BCUT2D eigenvalue weighted by molar-refractivity contribution is 5.07. The summed E-state index contributed by atoms with van der Waals surface area (Å²) in [7, 11) is 0. The topological polar surface area (TPSA) is 9.23 Å². The van der Waals surface area contributed by atoms with Crippen molar-refractivity contribution in [3.63, 3.8) is 0 Å². The van der Waals surface area contributed by atoms with Gasteiger partial charge in [-0.15, -0.1) is 6.58 Å². The van der Waals surface area contributed by atoms with Gasteiger partial charge in [0, 0.05) is 0 Å². The minimum Gasteiger partial charge on any atom is -0.370 e. The highest BCUT2D eigenvalue weighted by Gasteiger charge is 2.11. The number of allylic oxidation sites excluding steroid dienone is 1. The lowest BCUT2D eigenvalue weighted by Crippen LogP contribution is -2.03. The van der Waals surface area contributed by atoms with E-state index < -0.39 is 0 Å². The predicted molar refractivity (Wildman–Crippen MR) is 47.5 cm³/mol. The third-order valence-electron chi connectivity index (χ3n) is 1.89. The molecule has 1 aliphatic heterocycles. The Morgan fingerprint density at radius 3 is 3.18 bits per heavy atom. The zero-order chi connectivity index (χ0) is 8.10. The Balaban J connectivity index is 2.13. The van der Waals surface area contributed by atoms with E-state index in [0.717, 1.165) is 19.4 Å². The summed E-state index contributed by atoms with van der Waals surface area (Å²) < 4.78 is 5.48. The predicted octanol–water partition coefficient (Wildman–Crippen LogP) is 2.69. The van der Waals surface area contributed by atoms with Crippen molar-refractivity contribution in [1.29, 1.82) is 0 Å². The minimum atomic E-state index is 0.384. The van der Waals surface area contributed by atoms with Gasteiger partial charge in [-0.1, -0.05) is 12.2 Å². The van der Waals surface area contributed by atoms with Crippen LogP contribution in [-0.4, -0.2) is 12.7 Å². The monoisotopic (exact) mass is 152 g/mol. The van der Waals surface area contributed by atoms with Gasteiger partial charge in [-0.3, -0.25) is 0 Å². The van der Waals surface area contributed by atoms with Crippen molar-refractivity contribution in [1.82, 2.24) is 0 Å². The highest BCUT2D eigenvalue weighted by atomic mass is 16.5. The molecule has 1 aliphatic rings. The zero-order valence-electron chi connectivity index (χ0n) is 7.18. The smallest absolute Gasteiger partial charge is 0.0763 e. The van der Waals surface area contributed by atoms with Crippen LogP contribution in [0.3, 0.4) is 0 Å². The molecule has 1 heteroatoms. The molecule has 0 amide bonds. The van der Waals surface area contributed by atoms with E-state index in [1.807, 2.05) is 6.08 Å². The van der Waals surface area contributed by atoms with Gasteiger partial charge in [-0.05, 0) is 31.8 Å². The van der Waals surface area contributed by atoms with Crippen molar-refractivity contribution in [3.05, 3.63) is 24.3 Å². The summed E-state index contributed by atoms with van der Waals surface area (Å²) in [6.07, 6.45) is 8.01. The fourth-order valence-electron chi connectivity index (χ4n) is 1.28. The first kappa shape index (κ1) is 8.54. The number of rotatable bonds is 4. The summed E-state index contributed by atoms with van der Waals surface area (Å²) in [6.45, 7) is 6.63. The molecule has 0 saturated carbocycles. The lowest BCUT2D eigenvalue weighted by molar-refractivity contribution is 0.117. The van der Waals surface area contributed by atoms with E-state index in [4.69, 9.17) is 4.74 Å². The number of unbranched alkanes of at least 4 members (excludes halogenated alkanes) is 1. The maximum atomic E-state index is 5.48. The largest absolute Gasteiger partial charge is 0.370 e. The molecule has 0 N–H and O–H groups in total. The Morgan fingerprint density at radius 2 is 2.64 bits per heavy atom. The Bertz CT molecular complexity index is 158. The summed E-state index contributed by atoms with van der Waals surface area (Å²) >= 11 is 0. The molecule has 0 fully saturated rings. The molecular weight excluding hydrogens is 136 g/mol. The lowest BCUT2D eigenvalue weighted by atomic mass is 10.1. The van der Waals surface area contributed by atoms with Crippen molar-refractivity contribution in [2.75, 3.05) is 6.61 Å². The molecule has 0 aromatic carbocycles. The Labute approximate surface area is 68.8 Å². The zero-order valence-corrected chi connectivity index (χ0v) is 7.18. The van der Waals surface area contributed by atoms with E-state index in [0.29, 0.717) is 6.10 Å². The van der Waals surface area contributed by atoms with Gasteiger partial charge in [0.15, 0.2) is 0 Å². The molecule has 0 aromatic heterocycles. The van der Waals surface area contributed by atoms with Gasteiger partial charge < -0.3 is 4.74 Å². The molecule has 1 rings (SSSR count). The van der Waals surface area contributed by atoms with Crippen LogP contribution in [0.15, 0.2) is 24.3 Å². The Kier molecular flexibility index (Phi) is 3.37. The molecule has 0 spiro atoms. The fourth-order valence-corrected chi connectivity index (χ4v) is 1.28. The average molecular weight is 152 g/mol. The first-order valence-electron chi connectivity index (χ1n) is 4.22. The molecule has 62 valence electrons. The van der Waals surface area contributed by atoms with Crippen LogP contribution in [-0.2, 0) is 4.74 Å². The summed E-state index contributed by atoms with van der Waals surface area (Å²) in [5, 5.41) is 0. The van der Waals surface area contributed by atoms with Gasteiger partial charge >= 0.3 is 0 Å². The molecule has 0 aliphatic carbocycles. The fraction of sp³-hybridized carbons (Fsp3) is 0.600. The molecular formula is C10H16O. The van der Waals surface area contributed by atoms with Crippen LogP contribution in [0.2, 0.25) is 0 Å². The van der Waals surface area contributed by atoms with E-state index in [2.05, 4.69) is 19.6 Å². The minimum absolute atomic E-state index is 0.384. The molecule has 1 heterocycles. The van der Waals surface area contributed by atoms with Crippen LogP contribution in [0.25, 0.3) is 0 Å². The second kappa shape index (κ2) is 4.35. The van der Waals surface area contributed by atoms with Crippen LogP contribution in [0, 0.1) is 0 Å². The first-order valence-corrected chi connectivity index (χ1v) is 4.22. The Morgan fingerprint density at radius 1 is 1.82 bits per heavy atom. The molecule has 1 atom stereocenters. The summed E-state index contributed by atoms with van der Waals surface area (Å²) in [5.74, 6) is 0. The second-order valence-electron chi connectivity index (χ2n) is 3.08. The van der Waals surface area contributed by atoms with Crippen molar-refractivity contribution in [2.24, 2.45) is 0 Å². The third-order valence-corrected chi connectivity index (χ3v) is 1.89. The molecule has 1 nitrogen and oxygen atoms in total. The van der Waals surface area contributed by atoms with E-state index in [1.54, 1.807) is 0 Å².